The molecule has 0 spiro atoms. The van der Waals surface area contributed by atoms with Crippen LogP contribution < -0.4 is 5.32 Å². The van der Waals surface area contributed by atoms with Gasteiger partial charge in [-0.2, -0.15) is 0 Å². The van der Waals surface area contributed by atoms with Crippen LogP contribution in [0.15, 0.2) is 20.8 Å². The molecule has 1 amide bonds. The standard InChI is InChI=1S/C19H27N3OS3/c1-12-9-14(19(3,4)5)10-13(2)15(12)7-8-20-16(23)11-25-18-22-21-17(24-6)26-18/h9-10H,7-8,11H2,1-6H3,(H,20,23). The Kier molecular flexibility index (Phi) is 7.55. The largest absolute Gasteiger partial charge is 0.355 e. The molecule has 0 aliphatic carbocycles. The molecule has 0 unspecified atom stereocenters. The lowest BCUT2D eigenvalue weighted by Crippen LogP contribution is -2.27. The third kappa shape index (κ3) is 5.99. The molecule has 2 rings (SSSR count). The van der Waals surface area contributed by atoms with E-state index in [0.717, 1.165) is 15.1 Å². The molecule has 1 N–H and O–H groups in total. The Morgan fingerprint density at radius 2 is 1.77 bits per heavy atom. The molecule has 4 nitrogen and oxygen atoms in total. The molecule has 0 aliphatic rings. The van der Waals surface area contributed by atoms with Crippen LogP contribution in [0.3, 0.4) is 0 Å². The maximum absolute atomic E-state index is 12.1. The van der Waals surface area contributed by atoms with E-state index in [0.29, 0.717) is 12.3 Å². The molecule has 7 heteroatoms. The number of benzene rings is 1. The minimum absolute atomic E-state index is 0.0394. The highest BCUT2D eigenvalue weighted by Crippen LogP contribution is 2.28. The first-order valence-corrected chi connectivity index (χ1v) is 11.6. The van der Waals surface area contributed by atoms with Crippen molar-refractivity contribution in [3.63, 3.8) is 0 Å². The number of amides is 1. The first-order valence-electron chi connectivity index (χ1n) is 8.58. The van der Waals surface area contributed by atoms with E-state index in [4.69, 9.17) is 0 Å². The van der Waals surface area contributed by atoms with E-state index in [1.807, 2.05) is 6.26 Å². The summed E-state index contributed by atoms with van der Waals surface area (Å²) in [7, 11) is 0. The molecule has 1 heterocycles. The maximum Gasteiger partial charge on any atom is 0.230 e. The van der Waals surface area contributed by atoms with Gasteiger partial charge in [0.1, 0.15) is 0 Å². The zero-order valence-corrected chi connectivity index (χ0v) is 18.8. The normalized spacial score (nSPS) is 11.6. The van der Waals surface area contributed by atoms with Gasteiger partial charge < -0.3 is 5.32 Å². The summed E-state index contributed by atoms with van der Waals surface area (Å²) in [6.07, 6.45) is 2.83. The smallest absolute Gasteiger partial charge is 0.230 e. The summed E-state index contributed by atoms with van der Waals surface area (Å²) in [5, 5.41) is 11.1. The number of hydrogen-bond acceptors (Lipinski definition) is 6. The number of thioether (sulfide) groups is 2. The van der Waals surface area contributed by atoms with Gasteiger partial charge in [-0.05, 0) is 54.2 Å². The Balaban J connectivity index is 1.84. The first-order chi connectivity index (χ1) is 12.2. The topological polar surface area (TPSA) is 54.9 Å². The van der Waals surface area contributed by atoms with Gasteiger partial charge in [0.2, 0.25) is 5.91 Å². The zero-order valence-electron chi connectivity index (χ0n) is 16.3. The average molecular weight is 410 g/mol. The fourth-order valence-corrected chi connectivity index (χ4v) is 4.93. The van der Waals surface area contributed by atoms with E-state index < -0.39 is 0 Å². The number of nitrogens with zero attached hydrogens (tertiary/aromatic N) is 2. The fraction of sp³-hybridized carbons (Fsp3) is 0.526. The van der Waals surface area contributed by atoms with Gasteiger partial charge in [0.15, 0.2) is 8.68 Å². The predicted molar refractivity (Wildman–Crippen MR) is 114 cm³/mol. The summed E-state index contributed by atoms with van der Waals surface area (Å²) < 4.78 is 1.77. The van der Waals surface area contributed by atoms with Crippen LogP contribution >= 0.6 is 34.9 Å². The number of nitrogens with one attached hydrogen (secondary N) is 1. The summed E-state index contributed by atoms with van der Waals surface area (Å²) in [5.41, 5.74) is 5.45. The monoisotopic (exact) mass is 409 g/mol. The lowest BCUT2D eigenvalue weighted by molar-refractivity contribution is -0.118. The number of aromatic nitrogens is 2. The van der Waals surface area contributed by atoms with Crippen molar-refractivity contribution in [2.45, 2.75) is 55.1 Å². The van der Waals surface area contributed by atoms with Crippen LogP contribution in [0.25, 0.3) is 0 Å². The molecule has 0 fully saturated rings. The molecule has 0 saturated heterocycles. The summed E-state index contributed by atoms with van der Waals surface area (Å²) >= 11 is 4.54. The van der Waals surface area contributed by atoms with Crippen molar-refractivity contribution in [1.29, 1.82) is 0 Å². The van der Waals surface area contributed by atoms with Crippen molar-refractivity contribution in [2.75, 3.05) is 18.6 Å². The van der Waals surface area contributed by atoms with Crippen LogP contribution in [0.1, 0.15) is 43.0 Å². The van der Waals surface area contributed by atoms with Gasteiger partial charge in [0, 0.05) is 6.54 Å². The second-order valence-electron chi connectivity index (χ2n) is 7.27. The summed E-state index contributed by atoms with van der Waals surface area (Å²) in [4.78, 5) is 12.1. The predicted octanol–water partition coefficient (Wildman–Crippen LogP) is 4.63. The molecule has 0 saturated carbocycles. The lowest BCUT2D eigenvalue weighted by Gasteiger charge is -2.22. The van der Waals surface area contributed by atoms with E-state index in [1.54, 1.807) is 11.8 Å². The van der Waals surface area contributed by atoms with Crippen molar-refractivity contribution in [3.8, 4) is 0 Å². The highest BCUT2D eigenvalue weighted by molar-refractivity contribution is 8.03. The van der Waals surface area contributed by atoms with Gasteiger partial charge in [-0.25, -0.2) is 0 Å². The molecular formula is C19H27N3OS3. The molecular weight excluding hydrogens is 382 g/mol. The Labute approximate surface area is 169 Å². The first kappa shape index (κ1) is 21.3. The number of carbonyl (C=O) groups is 1. The van der Waals surface area contributed by atoms with Crippen LogP contribution in [-0.2, 0) is 16.6 Å². The van der Waals surface area contributed by atoms with Gasteiger partial charge in [0.25, 0.3) is 0 Å². The quantitative estimate of drug-likeness (QED) is 0.676. The second-order valence-corrected chi connectivity index (χ2v) is 10.5. The molecule has 0 bridgehead atoms. The average Bonchev–Trinajstić information content (AvgIpc) is 3.02. The molecule has 1 aromatic carbocycles. The fourth-order valence-electron chi connectivity index (χ4n) is 2.66. The van der Waals surface area contributed by atoms with Gasteiger partial charge in [0.05, 0.1) is 5.75 Å². The highest BCUT2D eigenvalue weighted by atomic mass is 32.2. The van der Waals surface area contributed by atoms with Gasteiger partial charge in [-0.15, -0.1) is 10.2 Å². The number of aryl methyl sites for hydroxylation is 2. The molecule has 2 aromatic rings. The minimum Gasteiger partial charge on any atom is -0.355 e. The van der Waals surface area contributed by atoms with Gasteiger partial charge in [-0.1, -0.05) is 67.8 Å². The maximum atomic E-state index is 12.1. The zero-order chi connectivity index (χ0) is 19.3. The minimum atomic E-state index is 0.0394. The van der Waals surface area contributed by atoms with Crippen molar-refractivity contribution in [3.05, 3.63) is 34.4 Å². The van der Waals surface area contributed by atoms with Crippen molar-refractivity contribution in [2.24, 2.45) is 0 Å². The molecule has 142 valence electrons. The highest BCUT2D eigenvalue weighted by Gasteiger charge is 2.16. The molecule has 0 atom stereocenters. The SMILES string of the molecule is CSc1nnc(SCC(=O)NCCc2c(C)cc(C(C)(C)C)cc2C)s1. The van der Waals surface area contributed by atoms with Crippen LogP contribution in [0.2, 0.25) is 0 Å². The molecule has 26 heavy (non-hydrogen) atoms. The van der Waals surface area contributed by atoms with E-state index >= 15 is 0 Å². The van der Waals surface area contributed by atoms with Crippen LogP contribution in [0.5, 0.6) is 0 Å². The van der Waals surface area contributed by atoms with Crippen molar-refractivity contribution in [1.82, 2.24) is 15.5 Å². The van der Waals surface area contributed by atoms with Crippen LogP contribution in [0.4, 0.5) is 0 Å². The van der Waals surface area contributed by atoms with Crippen LogP contribution in [-0.4, -0.2) is 34.7 Å². The molecule has 0 radical (unpaired) electrons. The van der Waals surface area contributed by atoms with E-state index in [2.05, 4.69) is 62.3 Å². The second kappa shape index (κ2) is 9.24. The summed E-state index contributed by atoms with van der Waals surface area (Å²) in [5.74, 6) is 0.418. The Hall–Kier alpha value is -1.05. The van der Waals surface area contributed by atoms with E-state index in [1.165, 1.54) is 45.4 Å². The Morgan fingerprint density at radius 3 is 2.31 bits per heavy atom. The number of carbonyl (C=O) groups excluding carboxylic acids is 1. The number of rotatable bonds is 7. The third-order valence-corrected chi connectivity index (χ3v) is 7.18. The van der Waals surface area contributed by atoms with Gasteiger partial charge in [-0.3, -0.25) is 4.79 Å². The molecule has 1 aromatic heterocycles. The lowest BCUT2D eigenvalue weighted by atomic mass is 9.83. The van der Waals surface area contributed by atoms with Crippen molar-refractivity contribution < 1.29 is 4.79 Å². The summed E-state index contributed by atoms with van der Waals surface area (Å²) in [6.45, 7) is 11.7. The number of hydrogen-bond donors (Lipinski definition) is 1. The van der Waals surface area contributed by atoms with Crippen LogP contribution in [0, 0.1) is 13.8 Å². The third-order valence-electron chi connectivity index (χ3n) is 4.15. The van der Waals surface area contributed by atoms with Gasteiger partial charge >= 0.3 is 0 Å². The summed E-state index contributed by atoms with van der Waals surface area (Å²) in [6, 6.07) is 4.55. The van der Waals surface area contributed by atoms with E-state index in [-0.39, 0.29) is 11.3 Å². The Bertz CT molecular complexity index is 743. The Morgan fingerprint density at radius 1 is 1.15 bits per heavy atom. The molecule has 0 aliphatic heterocycles. The van der Waals surface area contributed by atoms with E-state index in [9.17, 15) is 4.79 Å². The van der Waals surface area contributed by atoms with Crippen molar-refractivity contribution >= 4 is 40.8 Å².